The number of carboxylic acids is 1. The van der Waals surface area contributed by atoms with Crippen LogP contribution in [0.2, 0.25) is 0 Å². The minimum atomic E-state index is -0.995. The number of hydrogen-bond acceptors (Lipinski definition) is 4. The smallest absolute Gasteiger partial charge is 0.323 e. The lowest BCUT2D eigenvalue weighted by molar-refractivity contribution is -0.144. The third-order valence-electron chi connectivity index (χ3n) is 3.35. The number of rotatable bonds is 7. The second-order valence-corrected chi connectivity index (χ2v) is 6.25. The molecule has 2 aromatic rings. The van der Waals surface area contributed by atoms with E-state index in [0.29, 0.717) is 12.2 Å². The number of hydrogen-bond donors (Lipinski definition) is 1. The van der Waals surface area contributed by atoms with Gasteiger partial charge in [0.2, 0.25) is 5.91 Å². The van der Waals surface area contributed by atoms with Crippen LogP contribution in [0, 0.1) is 6.92 Å². The van der Waals surface area contributed by atoms with Gasteiger partial charge < -0.3 is 10.0 Å². The third kappa shape index (κ3) is 4.89. The van der Waals surface area contributed by atoms with Crippen molar-refractivity contribution in [3.05, 3.63) is 40.9 Å². The summed E-state index contributed by atoms with van der Waals surface area (Å²) in [6.07, 6.45) is 0.861. The number of carbonyl (C=O) groups is 2. The maximum absolute atomic E-state index is 12.3. The van der Waals surface area contributed by atoms with E-state index >= 15 is 0 Å². The fraction of sp³-hybridized carbons (Fsp3) is 0.353. The molecular weight excluding hydrogens is 312 g/mol. The molecule has 0 saturated carbocycles. The van der Waals surface area contributed by atoms with Crippen LogP contribution in [0.4, 0.5) is 0 Å². The normalized spacial score (nSPS) is 10.5. The van der Waals surface area contributed by atoms with Gasteiger partial charge in [0, 0.05) is 17.5 Å². The summed E-state index contributed by atoms with van der Waals surface area (Å²) in [6.45, 7) is 4.13. The fourth-order valence-electron chi connectivity index (χ4n) is 2.21. The summed E-state index contributed by atoms with van der Waals surface area (Å²) >= 11 is 1.49. The largest absolute Gasteiger partial charge is 0.480 e. The molecule has 0 saturated heterocycles. The Bertz CT molecular complexity index is 679. The van der Waals surface area contributed by atoms with Gasteiger partial charge in [0.05, 0.1) is 12.1 Å². The van der Waals surface area contributed by atoms with Crippen molar-refractivity contribution >= 4 is 23.2 Å². The van der Waals surface area contributed by atoms with Crippen LogP contribution in [-0.4, -0.2) is 40.0 Å². The zero-order valence-electron chi connectivity index (χ0n) is 13.3. The Balaban J connectivity index is 2.06. The van der Waals surface area contributed by atoms with Crippen LogP contribution in [0.1, 0.15) is 24.6 Å². The zero-order valence-corrected chi connectivity index (χ0v) is 14.1. The van der Waals surface area contributed by atoms with E-state index < -0.39 is 5.97 Å². The van der Waals surface area contributed by atoms with Crippen molar-refractivity contribution in [1.29, 1.82) is 0 Å². The topological polar surface area (TPSA) is 70.5 Å². The predicted octanol–water partition coefficient (Wildman–Crippen LogP) is 2.98. The molecule has 1 amide bonds. The van der Waals surface area contributed by atoms with Gasteiger partial charge in [0.25, 0.3) is 0 Å². The molecular formula is C17H20N2O3S. The number of carbonyl (C=O) groups excluding carboxylic acids is 1. The molecule has 1 aromatic heterocycles. The second kappa shape index (κ2) is 7.87. The first kappa shape index (κ1) is 17.1. The van der Waals surface area contributed by atoms with Crippen molar-refractivity contribution in [3.63, 3.8) is 0 Å². The van der Waals surface area contributed by atoms with E-state index in [4.69, 9.17) is 5.11 Å². The summed E-state index contributed by atoms with van der Waals surface area (Å²) in [6, 6.07) is 8.07. The number of thiazole rings is 1. The van der Waals surface area contributed by atoms with E-state index in [9.17, 15) is 9.59 Å². The van der Waals surface area contributed by atoms with Gasteiger partial charge in [-0.15, -0.1) is 11.3 Å². The number of amides is 1. The highest BCUT2D eigenvalue weighted by atomic mass is 32.1. The Morgan fingerprint density at radius 3 is 2.57 bits per heavy atom. The van der Waals surface area contributed by atoms with Gasteiger partial charge in [-0.3, -0.25) is 9.59 Å². The molecule has 23 heavy (non-hydrogen) atoms. The number of aromatic nitrogens is 1. The van der Waals surface area contributed by atoms with Crippen LogP contribution in [0.3, 0.4) is 0 Å². The molecule has 0 aliphatic carbocycles. The first-order valence-corrected chi connectivity index (χ1v) is 8.38. The molecule has 0 aliphatic rings. The van der Waals surface area contributed by atoms with Crippen LogP contribution in [0.5, 0.6) is 0 Å². The van der Waals surface area contributed by atoms with E-state index in [1.165, 1.54) is 21.8 Å². The maximum atomic E-state index is 12.3. The molecule has 0 atom stereocenters. The number of aliphatic carboxylic acids is 1. The predicted molar refractivity (Wildman–Crippen MR) is 90.5 cm³/mol. The highest BCUT2D eigenvalue weighted by Gasteiger charge is 2.17. The molecule has 0 spiro atoms. The molecule has 122 valence electrons. The van der Waals surface area contributed by atoms with Crippen LogP contribution >= 0.6 is 11.3 Å². The van der Waals surface area contributed by atoms with Crippen LogP contribution in [0.25, 0.3) is 10.6 Å². The fourth-order valence-corrected chi connectivity index (χ4v) is 3.03. The van der Waals surface area contributed by atoms with E-state index in [1.807, 2.05) is 43.5 Å². The van der Waals surface area contributed by atoms with Crippen LogP contribution in [0.15, 0.2) is 29.6 Å². The average Bonchev–Trinajstić information content (AvgIpc) is 2.95. The van der Waals surface area contributed by atoms with Gasteiger partial charge >= 0.3 is 5.97 Å². The number of nitrogens with zero attached hydrogens (tertiary/aromatic N) is 2. The van der Waals surface area contributed by atoms with E-state index in [0.717, 1.165) is 17.0 Å². The standard InChI is InChI=1S/C17H20N2O3S/c1-3-8-19(10-16(21)22)15(20)9-14-11-23-17(18-14)13-6-4-12(2)5-7-13/h4-7,11H,3,8-10H2,1-2H3,(H,21,22). The lowest BCUT2D eigenvalue weighted by Crippen LogP contribution is -2.37. The van der Waals surface area contributed by atoms with Gasteiger partial charge in [-0.25, -0.2) is 4.98 Å². The van der Waals surface area contributed by atoms with E-state index in [-0.39, 0.29) is 18.9 Å². The highest BCUT2D eigenvalue weighted by molar-refractivity contribution is 7.13. The van der Waals surface area contributed by atoms with E-state index in [2.05, 4.69) is 4.98 Å². The van der Waals surface area contributed by atoms with Gasteiger partial charge in [-0.05, 0) is 13.3 Å². The van der Waals surface area contributed by atoms with Crippen LogP contribution < -0.4 is 0 Å². The Kier molecular flexibility index (Phi) is 5.87. The molecule has 1 N–H and O–H groups in total. The van der Waals surface area contributed by atoms with Crippen molar-refractivity contribution in [1.82, 2.24) is 9.88 Å². The number of aryl methyl sites for hydroxylation is 1. The van der Waals surface area contributed by atoms with Gasteiger partial charge in [-0.1, -0.05) is 36.8 Å². The van der Waals surface area contributed by atoms with E-state index in [1.54, 1.807) is 0 Å². The van der Waals surface area contributed by atoms with Crippen molar-refractivity contribution in [2.45, 2.75) is 26.7 Å². The SMILES string of the molecule is CCCN(CC(=O)O)C(=O)Cc1csc(-c2ccc(C)cc2)n1. The van der Waals surface area contributed by atoms with Crippen molar-refractivity contribution in [2.75, 3.05) is 13.1 Å². The molecule has 1 heterocycles. The summed E-state index contributed by atoms with van der Waals surface area (Å²) in [4.78, 5) is 29.0. The Hall–Kier alpha value is -2.21. The Morgan fingerprint density at radius 1 is 1.26 bits per heavy atom. The molecule has 0 radical (unpaired) electrons. The van der Waals surface area contributed by atoms with Crippen molar-refractivity contribution < 1.29 is 14.7 Å². The zero-order chi connectivity index (χ0) is 16.8. The van der Waals surface area contributed by atoms with Gasteiger partial charge in [0.15, 0.2) is 0 Å². The van der Waals surface area contributed by atoms with Gasteiger partial charge in [0.1, 0.15) is 11.6 Å². The first-order chi connectivity index (χ1) is 11.0. The Labute approximate surface area is 139 Å². The summed E-state index contributed by atoms with van der Waals surface area (Å²) in [5.74, 6) is -1.19. The molecule has 6 heteroatoms. The Morgan fingerprint density at radius 2 is 1.96 bits per heavy atom. The summed E-state index contributed by atoms with van der Waals surface area (Å²) in [5.41, 5.74) is 2.89. The average molecular weight is 332 g/mol. The summed E-state index contributed by atoms with van der Waals surface area (Å²) in [5, 5.41) is 11.6. The quantitative estimate of drug-likeness (QED) is 0.846. The molecule has 0 bridgehead atoms. The monoisotopic (exact) mass is 332 g/mol. The molecule has 0 fully saturated rings. The molecule has 1 aromatic carbocycles. The number of carboxylic acid groups (broad SMARTS) is 1. The first-order valence-electron chi connectivity index (χ1n) is 7.50. The lowest BCUT2D eigenvalue weighted by Gasteiger charge is -2.19. The second-order valence-electron chi connectivity index (χ2n) is 5.40. The van der Waals surface area contributed by atoms with Crippen molar-refractivity contribution in [2.24, 2.45) is 0 Å². The molecule has 2 rings (SSSR count). The highest BCUT2D eigenvalue weighted by Crippen LogP contribution is 2.24. The molecule has 0 unspecified atom stereocenters. The van der Waals surface area contributed by atoms with Gasteiger partial charge in [-0.2, -0.15) is 0 Å². The molecule has 5 nitrogen and oxygen atoms in total. The third-order valence-corrected chi connectivity index (χ3v) is 4.30. The minimum Gasteiger partial charge on any atom is -0.480 e. The summed E-state index contributed by atoms with van der Waals surface area (Å²) < 4.78 is 0. The molecule has 0 aliphatic heterocycles. The lowest BCUT2D eigenvalue weighted by atomic mass is 10.2. The maximum Gasteiger partial charge on any atom is 0.323 e. The summed E-state index contributed by atoms with van der Waals surface area (Å²) in [7, 11) is 0. The van der Waals surface area contributed by atoms with Crippen molar-refractivity contribution in [3.8, 4) is 10.6 Å². The van der Waals surface area contributed by atoms with Crippen LogP contribution in [-0.2, 0) is 16.0 Å². The minimum absolute atomic E-state index is 0.135. The number of benzene rings is 1.